The fourth-order valence-corrected chi connectivity index (χ4v) is 11.6. The van der Waals surface area contributed by atoms with E-state index in [1.165, 1.54) is 54.9 Å². The minimum atomic E-state index is -0.0844. The Morgan fingerprint density at radius 2 is 0.971 bits per heavy atom. The van der Waals surface area contributed by atoms with E-state index in [-0.39, 0.29) is 5.41 Å². The van der Waals surface area contributed by atoms with Gasteiger partial charge in [0.2, 0.25) is 0 Å². The molecule has 0 amide bonds. The van der Waals surface area contributed by atoms with Crippen molar-refractivity contribution in [2.75, 3.05) is 4.90 Å². The molecule has 0 bridgehead atoms. The van der Waals surface area contributed by atoms with Gasteiger partial charge in [-0.15, -0.1) is 0 Å². The van der Waals surface area contributed by atoms with Gasteiger partial charge in [0, 0.05) is 55.0 Å². The molecule has 14 rings (SSSR count). The van der Waals surface area contributed by atoms with Crippen LogP contribution in [0.15, 0.2) is 247 Å². The highest BCUT2D eigenvalue weighted by molar-refractivity contribution is 6.14. The zero-order valence-corrected chi connectivity index (χ0v) is 38.9. The van der Waals surface area contributed by atoms with Gasteiger partial charge in [0.25, 0.3) is 0 Å². The molecule has 0 spiro atoms. The van der Waals surface area contributed by atoms with Crippen molar-refractivity contribution < 1.29 is 4.42 Å². The van der Waals surface area contributed by atoms with Crippen LogP contribution in [0.25, 0.3) is 105 Å². The first kappa shape index (κ1) is 40.2. The molecule has 0 fully saturated rings. The fourth-order valence-electron chi connectivity index (χ4n) is 11.6. The largest absolute Gasteiger partial charge is 0.455 e. The van der Waals surface area contributed by atoms with Crippen LogP contribution in [0.4, 0.5) is 17.1 Å². The second-order valence-corrected chi connectivity index (χ2v) is 19.2. The molecule has 0 aliphatic heterocycles. The second kappa shape index (κ2) is 15.6. The number of hydrogen-bond donors (Lipinski definition) is 0. The Labute approximate surface area is 406 Å². The number of benzene rings is 11. The lowest BCUT2D eigenvalue weighted by Crippen LogP contribution is -2.14. The van der Waals surface area contributed by atoms with Crippen LogP contribution >= 0.6 is 0 Å². The molecule has 0 saturated carbocycles. The van der Waals surface area contributed by atoms with Gasteiger partial charge in [-0.05, 0) is 116 Å². The predicted molar refractivity (Wildman–Crippen MR) is 294 cm³/mol. The number of anilines is 3. The van der Waals surface area contributed by atoms with Gasteiger partial charge in [0.1, 0.15) is 11.2 Å². The van der Waals surface area contributed by atoms with E-state index < -0.39 is 0 Å². The summed E-state index contributed by atoms with van der Waals surface area (Å²) in [5.41, 5.74) is 20.4. The summed E-state index contributed by atoms with van der Waals surface area (Å²) in [6.07, 6.45) is 0. The van der Waals surface area contributed by atoms with Crippen LogP contribution in [-0.2, 0) is 5.41 Å². The Morgan fingerprint density at radius 1 is 0.371 bits per heavy atom. The maximum Gasteiger partial charge on any atom is 0.143 e. The molecular formula is C67H46N2O. The van der Waals surface area contributed by atoms with E-state index in [0.29, 0.717) is 0 Å². The average Bonchev–Trinajstić information content (AvgIpc) is 4.04. The van der Waals surface area contributed by atoms with Gasteiger partial charge in [0.15, 0.2) is 0 Å². The lowest BCUT2D eigenvalue weighted by atomic mass is 9.81. The molecule has 0 unspecified atom stereocenters. The van der Waals surface area contributed by atoms with Crippen molar-refractivity contribution in [1.29, 1.82) is 0 Å². The summed E-state index contributed by atoms with van der Waals surface area (Å²) in [4.78, 5) is 2.45. The highest BCUT2D eigenvalue weighted by atomic mass is 16.3. The highest BCUT2D eigenvalue weighted by Crippen LogP contribution is 2.51. The third-order valence-electron chi connectivity index (χ3n) is 15.0. The first-order chi connectivity index (χ1) is 34.5. The summed E-state index contributed by atoms with van der Waals surface area (Å²) >= 11 is 0. The summed E-state index contributed by atoms with van der Waals surface area (Å²) in [5.74, 6) is 0. The average molecular weight is 895 g/mol. The lowest BCUT2D eigenvalue weighted by Gasteiger charge is -2.29. The van der Waals surface area contributed by atoms with Crippen LogP contribution in [-0.4, -0.2) is 4.57 Å². The van der Waals surface area contributed by atoms with Crippen LogP contribution in [0.2, 0.25) is 0 Å². The fraction of sp³-hybridized carbons (Fsp3) is 0.0448. The molecule has 13 aromatic rings. The van der Waals surface area contributed by atoms with Crippen LogP contribution in [0.1, 0.15) is 25.0 Å². The molecule has 3 heteroatoms. The van der Waals surface area contributed by atoms with Crippen LogP contribution in [0, 0.1) is 0 Å². The summed E-state index contributed by atoms with van der Waals surface area (Å²) in [6, 6.07) is 88.7. The number of para-hydroxylation sites is 5. The van der Waals surface area contributed by atoms with Gasteiger partial charge in [-0.3, -0.25) is 0 Å². The molecule has 3 nitrogen and oxygen atoms in total. The van der Waals surface area contributed by atoms with Gasteiger partial charge in [-0.2, -0.15) is 0 Å². The van der Waals surface area contributed by atoms with Crippen molar-refractivity contribution in [3.05, 3.63) is 254 Å². The van der Waals surface area contributed by atoms with Crippen molar-refractivity contribution in [1.82, 2.24) is 4.57 Å². The van der Waals surface area contributed by atoms with Crippen molar-refractivity contribution in [3.63, 3.8) is 0 Å². The summed E-state index contributed by atoms with van der Waals surface area (Å²) in [7, 11) is 0. The number of aromatic nitrogens is 1. The maximum absolute atomic E-state index is 6.97. The van der Waals surface area contributed by atoms with Crippen LogP contribution in [0.5, 0.6) is 0 Å². The number of fused-ring (bicyclic) bond motifs is 10. The molecule has 2 heterocycles. The first-order valence-electron chi connectivity index (χ1n) is 24.2. The number of rotatable bonds is 7. The van der Waals surface area contributed by atoms with Gasteiger partial charge >= 0.3 is 0 Å². The molecule has 330 valence electrons. The van der Waals surface area contributed by atoms with E-state index in [1.807, 2.05) is 0 Å². The topological polar surface area (TPSA) is 21.3 Å². The zero-order chi connectivity index (χ0) is 46.5. The monoisotopic (exact) mass is 894 g/mol. The lowest BCUT2D eigenvalue weighted by molar-refractivity contribution is 0.660. The molecule has 2 aromatic heterocycles. The van der Waals surface area contributed by atoms with E-state index >= 15 is 0 Å². The van der Waals surface area contributed by atoms with Gasteiger partial charge in [0.05, 0.1) is 22.4 Å². The standard InChI is InChI=1S/C67H46N2O/c1-67(2)59-25-11-5-20-51(59)52-38-35-46(40-60(52)67)44-33-36-48(37-34-44)68(61-26-12-6-19-50(61)47-32-31-43-17-3-4-18-45(43)39-47)49-41-57(66-58(42-49)56-24-10-16-30-65(56)70-66)55-23-9-15-29-64(55)69-62-27-13-7-21-53(62)54-22-8-14-28-63(54)69/h3-42H,1-2H3. The van der Waals surface area contributed by atoms with E-state index in [0.717, 1.165) is 78.0 Å². The Bertz CT molecular complexity index is 4170. The van der Waals surface area contributed by atoms with Crippen LogP contribution in [0.3, 0.4) is 0 Å². The Balaban J connectivity index is 1.00. The third kappa shape index (κ3) is 6.15. The second-order valence-electron chi connectivity index (χ2n) is 19.2. The van der Waals surface area contributed by atoms with E-state index in [1.54, 1.807) is 0 Å². The molecule has 1 aliphatic rings. The minimum absolute atomic E-state index is 0.0844. The SMILES string of the molecule is CC1(C)c2ccccc2-c2ccc(-c3ccc(N(c4cc(-c5ccccc5-n5c6ccccc6c6ccccc65)c5oc6ccccc6c5c4)c4ccccc4-c4ccc5ccccc5c4)cc3)cc21. The van der Waals surface area contributed by atoms with Crippen molar-refractivity contribution in [3.8, 4) is 50.2 Å². The third-order valence-corrected chi connectivity index (χ3v) is 15.0. The molecule has 11 aromatic carbocycles. The van der Waals surface area contributed by atoms with Crippen molar-refractivity contribution >= 4 is 71.6 Å². The maximum atomic E-state index is 6.97. The van der Waals surface area contributed by atoms with Gasteiger partial charge in [-0.25, -0.2) is 0 Å². The molecular weight excluding hydrogens is 849 g/mol. The Kier molecular flexibility index (Phi) is 8.93. The number of hydrogen-bond acceptors (Lipinski definition) is 2. The Morgan fingerprint density at radius 3 is 1.77 bits per heavy atom. The molecule has 0 N–H and O–H groups in total. The zero-order valence-electron chi connectivity index (χ0n) is 38.9. The quantitative estimate of drug-likeness (QED) is 0.159. The smallest absolute Gasteiger partial charge is 0.143 e. The van der Waals surface area contributed by atoms with E-state index in [2.05, 4.69) is 266 Å². The molecule has 1 aliphatic carbocycles. The minimum Gasteiger partial charge on any atom is -0.455 e. The first-order valence-corrected chi connectivity index (χ1v) is 24.2. The van der Waals surface area contributed by atoms with Gasteiger partial charge in [-0.1, -0.05) is 190 Å². The summed E-state index contributed by atoms with van der Waals surface area (Å²) in [6.45, 7) is 4.70. The van der Waals surface area contributed by atoms with Gasteiger partial charge < -0.3 is 13.9 Å². The van der Waals surface area contributed by atoms with Crippen molar-refractivity contribution in [2.24, 2.45) is 0 Å². The predicted octanol–water partition coefficient (Wildman–Crippen LogP) is 18.6. The molecule has 0 radical (unpaired) electrons. The van der Waals surface area contributed by atoms with E-state index in [9.17, 15) is 0 Å². The number of furan rings is 1. The van der Waals surface area contributed by atoms with Crippen LogP contribution < -0.4 is 4.90 Å². The summed E-state index contributed by atoms with van der Waals surface area (Å²) < 4.78 is 9.39. The molecule has 0 atom stereocenters. The summed E-state index contributed by atoms with van der Waals surface area (Å²) in [5, 5.41) is 7.02. The van der Waals surface area contributed by atoms with E-state index in [4.69, 9.17) is 4.42 Å². The number of nitrogens with zero attached hydrogens (tertiary/aromatic N) is 2. The Hall–Kier alpha value is -8.92. The normalized spacial score (nSPS) is 12.8. The highest BCUT2D eigenvalue weighted by Gasteiger charge is 2.35. The van der Waals surface area contributed by atoms with Crippen molar-refractivity contribution in [2.45, 2.75) is 19.3 Å². The molecule has 0 saturated heterocycles. The molecule has 70 heavy (non-hydrogen) atoms.